The zero-order valence-electron chi connectivity index (χ0n) is 11.6. The Kier molecular flexibility index (Phi) is 4.99. The van der Waals surface area contributed by atoms with Crippen LogP contribution in [0.25, 0.3) is 0 Å². The molecule has 0 radical (unpaired) electrons. The fraction of sp³-hybridized carbons (Fsp3) is 0.846. The molecule has 2 heterocycles. The minimum Gasteiger partial charge on any atom is -0.337 e. The van der Waals surface area contributed by atoms with Gasteiger partial charge in [-0.2, -0.15) is 4.98 Å². The van der Waals surface area contributed by atoms with E-state index in [9.17, 15) is 0 Å². The molecular weight excluding hydrogens is 226 g/mol. The molecule has 2 rings (SSSR count). The maximum Gasteiger partial charge on any atom is 0.244 e. The highest BCUT2D eigenvalue weighted by Gasteiger charge is 2.18. The van der Waals surface area contributed by atoms with Crippen molar-refractivity contribution in [1.82, 2.24) is 20.5 Å². The van der Waals surface area contributed by atoms with Crippen LogP contribution in [-0.4, -0.2) is 40.9 Å². The molecule has 0 aromatic carbocycles. The van der Waals surface area contributed by atoms with Crippen molar-refractivity contribution >= 4 is 5.95 Å². The molecular formula is C13H25N5. The third kappa shape index (κ3) is 3.70. The summed E-state index contributed by atoms with van der Waals surface area (Å²) in [6.07, 6.45) is 6.11. The van der Waals surface area contributed by atoms with Gasteiger partial charge in [-0.3, -0.25) is 5.10 Å². The molecule has 0 saturated carbocycles. The second-order valence-corrected chi connectivity index (χ2v) is 5.19. The molecule has 18 heavy (non-hydrogen) atoms. The van der Waals surface area contributed by atoms with Gasteiger partial charge in [0.15, 0.2) is 0 Å². The van der Waals surface area contributed by atoms with Crippen molar-refractivity contribution in [2.24, 2.45) is 0 Å². The SMILES string of the molecule is CCCCCCc1nc(N2CCN[C@H](C)C2)n[nH]1. The normalized spacial score (nSPS) is 20.3. The molecule has 1 saturated heterocycles. The molecule has 5 heteroatoms. The van der Waals surface area contributed by atoms with Gasteiger partial charge in [-0.05, 0) is 13.3 Å². The first kappa shape index (κ1) is 13.3. The lowest BCUT2D eigenvalue weighted by atomic mass is 10.1. The lowest BCUT2D eigenvalue weighted by Crippen LogP contribution is -2.49. The van der Waals surface area contributed by atoms with Crippen LogP contribution >= 0.6 is 0 Å². The average Bonchev–Trinajstić information content (AvgIpc) is 2.83. The van der Waals surface area contributed by atoms with Gasteiger partial charge in [-0.1, -0.05) is 26.2 Å². The Morgan fingerprint density at radius 2 is 2.22 bits per heavy atom. The quantitative estimate of drug-likeness (QED) is 0.756. The molecule has 0 aliphatic carbocycles. The molecule has 0 unspecified atom stereocenters. The molecule has 1 aliphatic rings. The molecule has 1 aromatic rings. The first-order chi connectivity index (χ1) is 8.79. The monoisotopic (exact) mass is 251 g/mol. The number of H-pyrrole nitrogens is 1. The number of hydrogen-bond acceptors (Lipinski definition) is 4. The Morgan fingerprint density at radius 3 is 3.00 bits per heavy atom. The summed E-state index contributed by atoms with van der Waals surface area (Å²) in [5.41, 5.74) is 0. The molecule has 2 N–H and O–H groups in total. The van der Waals surface area contributed by atoms with E-state index in [-0.39, 0.29) is 0 Å². The first-order valence-electron chi connectivity index (χ1n) is 7.19. The smallest absolute Gasteiger partial charge is 0.244 e. The van der Waals surface area contributed by atoms with Crippen molar-refractivity contribution in [2.75, 3.05) is 24.5 Å². The third-order valence-electron chi connectivity index (χ3n) is 3.44. The standard InChI is InChI=1S/C13H25N5/c1-3-4-5-6-7-12-15-13(17-16-12)18-9-8-14-11(2)10-18/h11,14H,3-10H2,1-2H3,(H,15,16,17)/t11-/m1/s1. The van der Waals surface area contributed by atoms with Crippen LogP contribution in [0.3, 0.4) is 0 Å². The van der Waals surface area contributed by atoms with E-state index in [0.29, 0.717) is 6.04 Å². The predicted octanol–water partition coefficient (Wildman–Crippen LogP) is 1.73. The van der Waals surface area contributed by atoms with Crippen LogP contribution < -0.4 is 10.2 Å². The molecule has 0 spiro atoms. The van der Waals surface area contributed by atoms with Crippen LogP contribution in [-0.2, 0) is 6.42 Å². The van der Waals surface area contributed by atoms with Crippen LogP contribution in [0.15, 0.2) is 0 Å². The summed E-state index contributed by atoms with van der Waals surface area (Å²) in [7, 11) is 0. The largest absolute Gasteiger partial charge is 0.337 e. The van der Waals surface area contributed by atoms with Crippen molar-refractivity contribution in [3.05, 3.63) is 5.82 Å². The second-order valence-electron chi connectivity index (χ2n) is 5.19. The van der Waals surface area contributed by atoms with Crippen molar-refractivity contribution in [3.8, 4) is 0 Å². The number of unbranched alkanes of at least 4 members (excludes halogenated alkanes) is 3. The van der Waals surface area contributed by atoms with Gasteiger partial charge in [0.1, 0.15) is 5.82 Å². The minimum absolute atomic E-state index is 0.519. The van der Waals surface area contributed by atoms with E-state index in [0.717, 1.165) is 37.8 Å². The maximum atomic E-state index is 4.60. The van der Waals surface area contributed by atoms with Crippen molar-refractivity contribution in [3.63, 3.8) is 0 Å². The van der Waals surface area contributed by atoms with Crippen molar-refractivity contribution in [1.29, 1.82) is 0 Å². The highest BCUT2D eigenvalue weighted by molar-refractivity contribution is 5.30. The van der Waals surface area contributed by atoms with E-state index in [4.69, 9.17) is 0 Å². The average molecular weight is 251 g/mol. The van der Waals surface area contributed by atoms with E-state index in [1.807, 2.05) is 0 Å². The Bertz CT molecular complexity index is 349. The number of nitrogens with zero attached hydrogens (tertiary/aromatic N) is 3. The lowest BCUT2D eigenvalue weighted by Gasteiger charge is -2.30. The molecule has 0 bridgehead atoms. The number of anilines is 1. The summed E-state index contributed by atoms with van der Waals surface area (Å²) in [6.45, 7) is 7.44. The van der Waals surface area contributed by atoms with Crippen LogP contribution in [0.4, 0.5) is 5.95 Å². The summed E-state index contributed by atoms with van der Waals surface area (Å²) >= 11 is 0. The van der Waals surface area contributed by atoms with Crippen LogP contribution in [0, 0.1) is 0 Å². The number of piperazine rings is 1. The Balaban J connectivity index is 1.81. The summed E-state index contributed by atoms with van der Waals surface area (Å²) < 4.78 is 0. The molecule has 1 atom stereocenters. The van der Waals surface area contributed by atoms with Gasteiger partial charge < -0.3 is 10.2 Å². The highest BCUT2D eigenvalue weighted by atomic mass is 15.4. The summed E-state index contributed by atoms with van der Waals surface area (Å²) in [5, 5.41) is 10.8. The van der Waals surface area contributed by atoms with Crippen molar-refractivity contribution in [2.45, 2.75) is 52.0 Å². The fourth-order valence-electron chi connectivity index (χ4n) is 2.37. The number of aromatic amines is 1. The summed E-state index contributed by atoms with van der Waals surface area (Å²) in [6, 6.07) is 0.519. The number of rotatable bonds is 6. The molecule has 1 aliphatic heterocycles. The van der Waals surface area contributed by atoms with E-state index in [1.54, 1.807) is 0 Å². The van der Waals surface area contributed by atoms with E-state index in [1.165, 1.54) is 25.7 Å². The highest BCUT2D eigenvalue weighted by Crippen LogP contribution is 2.11. The van der Waals surface area contributed by atoms with Gasteiger partial charge in [0.25, 0.3) is 0 Å². The molecule has 5 nitrogen and oxygen atoms in total. The lowest BCUT2D eigenvalue weighted by molar-refractivity contribution is 0.479. The Morgan fingerprint density at radius 1 is 1.33 bits per heavy atom. The van der Waals surface area contributed by atoms with Gasteiger partial charge in [0.2, 0.25) is 5.95 Å². The zero-order chi connectivity index (χ0) is 12.8. The van der Waals surface area contributed by atoms with Crippen LogP contribution in [0.2, 0.25) is 0 Å². The first-order valence-corrected chi connectivity index (χ1v) is 7.19. The minimum atomic E-state index is 0.519. The second kappa shape index (κ2) is 6.73. The molecule has 0 amide bonds. The van der Waals surface area contributed by atoms with Gasteiger partial charge in [0, 0.05) is 32.1 Å². The number of nitrogens with one attached hydrogen (secondary N) is 2. The predicted molar refractivity (Wildman–Crippen MR) is 73.9 cm³/mol. The van der Waals surface area contributed by atoms with Crippen LogP contribution in [0.1, 0.15) is 45.4 Å². The maximum absolute atomic E-state index is 4.60. The fourth-order valence-corrected chi connectivity index (χ4v) is 2.37. The van der Waals surface area contributed by atoms with Crippen LogP contribution in [0.5, 0.6) is 0 Å². The van der Waals surface area contributed by atoms with Gasteiger partial charge in [-0.15, -0.1) is 5.10 Å². The van der Waals surface area contributed by atoms with Crippen molar-refractivity contribution < 1.29 is 0 Å². The molecule has 1 aromatic heterocycles. The molecule has 1 fully saturated rings. The van der Waals surface area contributed by atoms with E-state index >= 15 is 0 Å². The number of aryl methyl sites for hydroxylation is 1. The Labute approximate surface area is 109 Å². The molecule has 102 valence electrons. The number of hydrogen-bond donors (Lipinski definition) is 2. The zero-order valence-corrected chi connectivity index (χ0v) is 11.6. The van der Waals surface area contributed by atoms with E-state index < -0.39 is 0 Å². The topological polar surface area (TPSA) is 56.8 Å². The Hall–Kier alpha value is -1.10. The number of aromatic nitrogens is 3. The van der Waals surface area contributed by atoms with E-state index in [2.05, 4.69) is 39.2 Å². The summed E-state index contributed by atoms with van der Waals surface area (Å²) in [5.74, 6) is 1.90. The third-order valence-corrected chi connectivity index (χ3v) is 3.44. The van der Waals surface area contributed by atoms with Gasteiger partial charge in [0.05, 0.1) is 0 Å². The van der Waals surface area contributed by atoms with Gasteiger partial charge in [-0.25, -0.2) is 0 Å². The summed E-state index contributed by atoms with van der Waals surface area (Å²) in [4.78, 5) is 6.85. The van der Waals surface area contributed by atoms with Gasteiger partial charge >= 0.3 is 0 Å².